The summed E-state index contributed by atoms with van der Waals surface area (Å²) in [6.45, 7) is 2.32. The second-order valence-corrected chi connectivity index (χ2v) is 9.65. The molecule has 2 aromatic rings. The summed E-state index contributed by atoms with van der Waals surface area (Å²) in [6.07, 6.45) is 2.98. The van der Waals surface area contributed by atoms with Gasteiger partial charge in [0.25, 0.3) is 15.9 Å². The van der Waals surface area contributed by atoms with Crippen molar-refractivity contribution in [3.8, 4) is 5.75 Å². The molecule has 2 aromatic carbocycles. The van der Waals surface area contributed by atoms with Crippen molar-refractivity contribution in [2.24, 2.45) is 0 Å². The summed E-state index contributed by atoms with van der Waals surface area (Å²) in [5.41, 5.74) is 0.562. The number of rotatable bonds is 7. The van der Waals surface area contributed by atoms with Crippen molar-refractivity contribution in [1.82, 2.24) is 4.90 Å². The number of benzene rings is 2. The first-order chi connectivity index (χ1) is 15.3. The van der Waals surface area contributed by atoms with E-state index in [1.54, 1.807) is 29.2 Å². The highest BCUT2D eigenvalue weighted by molar-refractivity contribution is 7.92. The van der Waals surface area contributed by atoms with Crippen molar-refractivity contribution in [1.29, 1.82) is 0 Å². The zero-order valence-electron chi connectivity index (χ0n) is 18.5. The molecule has 0 saturated carbocycles. The molecule has 1 aliphatic heterocycles. The summed E-state index contributed by atoms with van der Waals surface area (Å²) < 4.78 is 37.5. The van der Waals surface area contributed by atoms with Gasteiger partial charge in [-0.1, -0.05) is 12.1 Å². The monoisotopic (exact) mass is 460 g/mol. The highest BCUT2D eigenvalue weighted by atomic mass is 32.2. The van der Waals surface area contributed by atoms with Crippen molar-refractivity contribution in [3.63, 3.8) is 0 Å². The molecule has 1 fully saturated rings. The van der Waals surface area contributed by atoms with E-state index in [-0.39, 0.29) is 29.0 Å². The molecule has 1 amide bonds. The van der Waals surface area contributed by atoms with Gasteiger partial charge in [0.2, 0.25) is 0 Å². The van der Waals surface area contributed by atoms with Gasteiger partial charge in [0.05, 0.1) is 23.3 Å². The molecule has 3 rings (SSSR count). The molecule has 0 bridgehead atoms. The predicted octanol–water partition coefficient (Wildman–Crippen LogP) is 3.08. The van der Waals surface area contributed by atoms with Gasteiger partial charge in [-0.2, -0.15) is 0 Å². The minimum absolute atomic E-state index is 0.0145. The molecule has 172 valence electrons. The van der Waals surface area contributed by atoms with E-state index in [1.165, 1.54) is 38.4 Å². The fourth-order valence-electron chi connectivity index (χ4n) is 3.70. The SMILES string of the molecule is COc1ccccc1N(C)S(=O)(=O)c1ccc(C(=O)OCC(=O)N2CCCCC2C)cc1. The van der Waals surface area contributed by atoms with Crippen LogP contribution in [0.5, 0.6) is 5.75 Å². The average molecular weight is 461 g/mol. The molecule has 0 aromatic heterocycles. The molecule has 1 atom stereocenters. The van der Waals surface area contributed by atoms with Gasteiger partial charge < -0.3 is 14.4 Å². The van der Waals surface area contributed by atoms with Gasteiger partial charge in [-0.05, 0) is 62.6 Å². The van der Waals surface area contributed by atoms with Crippen LogP contribution in [-0.4, -0.2) is 58.5 Å². The van der Waals surface area contributed by atoms with Crippen molar-refractivity contribution in [2.75, 3.05) is 31.6 Å². The molecular weight excluding hydrogens is 432 g/mol. The number of ether oxygens (including phenoxy) is 2. The molecule has 1 saturated heterocycles. The van der Waals surface area contributed by atoms with Crippen LogP contribution in [0.25, 0.3) is 0 Å². The van der Waals surface area contributed by atoms with Crippen LogP contribution in [0.4, 0.5) is 5.69 Å². The minimum Gasteiger partial charge on any atom is -0.495 e. The van der Waals surface area contributed by atoms with E-state index in [0.717, 1.165) is 23.6 Å². The number of carbonyl (C=O) groups is 2. The van der Waals surface area contributed by atoms with Gasteiger partial charge in [0.1, 0.15) is 5.75 Å². The molecule has 8 nitrogen and oxygen atoms in total. The quantitative estimate of drug-likeness (QED) is 0.590. The number of esters is 1. The Labute approximate surface area is 188 Å². The Balaban J connectivity index is 1.67. The summed E-state index contributed by atoms with van der Waals surface area (Å²) in [7, 11) is -0.971. The number of amides is 1. The number of piperidine rings is 1. The van der Waals surface area contributed by atoms with Crippen LogP contribution in [0, 0.1) is 0 Å². The van der Waals surface area contributed by atoms with E-state index >= 15 is 0 Å². The summed E-state index contributed by atoms with van der Waals surface area (Å²) >= 11 is 0. The first-order valence-corrected chi connectivity index (χ1v) is 11.9. The highest BCUT2D eigenvalue weighted by Crippen LogP contribution is 2.30. The van der Waals surface area contributed by atoms with Gasteiger partial charge in [-0.3, -0.25) is 9.10 Å². The van der Waals surface area contributed by atoms with Crippen LogP contribution < -0.4 is 9.04 Å². The Kier molecular flexibility index (Phi) is 7.40. The summed E-state index contributed by atoms with van der Waals surface area (Å²) in [5.74, 6) is -0.473. The van der Waals surface area contributed by atoms with E-state index < -0.39 is 16.0 Å². The molecule has 1 heterocycles. The number of carbonyl (C=O) groups excluding carboxylic acids is 2. The number of hydrogen-bond donors (Lipinski definition) is 0. The summed E-state index contributed by atoms with van der Waals surface area (Å²) in [4.78, 5) is 26.4. The lowest BCUT2D eigenvalue weighted by molar-refractivity contribution is -0.137. The zero-order chi connectivity index (χ0) is 23.3. The number of hydrogen-bond acceptors (Lipinski definition) is 6. The average Bonchev–Trinajstić information content (AvgIpc) is 2.82. The zero-order valence-corrected chi connectivity index (χ0v) is 19.3. The van der Waals surface area contributed by atoms with Gasteiger partial charge in [-0.25, -0.2) is 13.2 Å². The first-order valence-electron chi connectivity index (χ1n) is 10.4. The third-order valence-corrected chi connectivity index (χ3v) is 7.41. The highest BCUT2D eigenvalue weighted by Gasteiger charge is 2.26. The van der Waals surface area contributed by atoms with E-state index in [4.69, 9.17) is 9.47 Å². The largest absolute Gasteiger partial charge is 0.495 e. The molecule has 32 heavy (non-hydrogen) atoms. The number of para-hydroxylation sites is 2. The fraction of sp³-hybridized carbons (Fsp3) is 0.391. The normalized spacial score (nSPS) is 16.3. The number of methoxy groups -OCH3 is 1. The Morgan fingerprint density at radius 1 is 1.09 bits per heavy atom. The first kappa shape index (κ1) is 23.6. The number of anilines is 1. The maximum Gasteiger partial charge on any atom is 0.338 e. The predicted molar refractivity (Wildman–Crippen MR) is 120 cm³/mol. The number of likely N-dealkylation sites (tertiary alicyclic amines) is 1. The molecule has 1 aliphatic rings. The molecule has 0 aliphatic carbocycles. The third kappa shape index (κ3) is 5.04. The fourth-order valence-corrected chi connectivity index (χ4v) is 4.91. The molecule has 9 heteroatoms. The van der Waals surface area contributed by atoms with Crippen LogP contribution in [0.1, 0.15) is 36.5 Å². The molecular formula is C23H28N2O6S. The second kappa shape index (κ2) is 10.0. The van der Waals surface area contributed by atoms with E-state index in [1.807, 2.05) is 6.92 Å². The van der Waals surface area contributed by atoms with Crippen LogP contribution in [0.3, 0.4) is 0 Å². The smallest absolute Gasteiger partial charge is 0.338 e. The van der Waals surface area contributed by atoms with Crippen LogP contribution in [-0.2, 0) is 19.6 Å². The standard InChI is InChI=1S/C23H28N2O6S/c1-17-8-6-7-15-25(17)22(26)16-31-23(27)18-11-13-19(14-12-18)32(28,29)24(2)20-9-4-5-10-21(20)30-3/h4-5,9-14,17H,6-8,15-16H2,1-3H3. The Morgan fingerprint density at radius 3 is 2.44 bits per heavy atom. The van der Waals surface area contributed by atoms with Gasteiger partial charge >= 0.3 is 5.97 Å². The lowest BCUT2D eigenvalue weighted by atomic mass is 10.0. The van der Waals surface area contributed by atoms with Crippen molar-refractivity contribution >= 4 is 27.6 Å². The van der Waals surface area contributed by atoms with Crippen LogP contribution >= 0.6 is 0 Å². The van der Waals surface area contributed by atoms with Crippen molar-refractivity contribution in [3.05, 3.63) is 54.1 Å². The minimum atomic E-state index is -3.87. The van der Waals surface area contributed by atoms with E-state index in [9.17, 15) is 18.0 Å². The van der Waals surface area contributed by atoms with Gasteiger partial charge in [0.15, 0.2) is 6.61 Å². The van der Waals surface area contributed by atoms with E-state index in [2.05, 4.69) is 0 Å². The lowest BCUT2D eigenvalue weighted by Gasteiger charge is -2.33. The summed E-state index contributed by atoms with van der Waals surface area (Å²) in [6, 6.07) is 12.3. The number of sulfonamides is 1. The second-order valence-electron chi connectivity index (χ2n) is 7.68. The summed E-state index contributed by atoms with van der Waals surface area (Å²) in [5, 5.41) is 0. The van der Waals surface area contributed by atoms with Gasteiger partial charge in [-0.15, -0.1) is 0 Å². The molecule has 0 spiro atoms. The lowest BCUT2D eigenvalue weighted by Crippen LogP contribution is -2.44. The maximum atomic E-state index is 13.0. The van der Waals surface area contributed by atoms with Gasteiger partial charge in [0, 0.05) is 19.6 Å². The van der Waals surface area contributed by atoms with Crippen LogP contribution in [0.15, 0.2) is 53.4 Å². The third-order valence-electron chi connectivity index (χ3n) is 5.62. The Bertz CT molecular complexity index is 1070. The molecule has 1 unspecified atom stereocenters. The van der Waals surface area contributed by atoms with Crippen molar-refractivity contribution < 1.29 is 27.5 Å². The van der Waals surface area contributed by atoms with E-state index in [0.29, 0.717) is 18.0 Å². The number of nitrogens with zero attached hydrogens (tertiary/aromatic N) is 2. The molecule has 0 N–H and O–H groups in total. The van der Waals surface area contributed by atoms with Crippen LogP contribution in [0.2, 0.25) is 0 Å². The Morgan fingerprint density at radius 2 is 1.78 bits per heavy atom. The maximum absolute atomic E-state index is 13.0. The topological polar surface area (TPSA) is 93.2 Å². The van der Waals surface area contributed by atoms with Crippen molar-refractivity contribution in [2.45, 2.75) is 37.1 Å². The Hall–Kier alpha value is -3.07. The molecule has 0 radical (unpaired) electrons.